The number of aromatic nitrogens is 2. The Morgan fingerprint density at radius 2 is 1.69 bits per heavy atom. The largest absolute Gasteiger partial charge is 0.354 e. The van der Waals surface area contributed by atoms with E-state index in [0.29, 0.717) is 0 Å². The Balaban J connectivity index is 2.27. The molecule has 1 aliphatic heterocycles. The summed E-state index contributed by atoms with van der Waals surface area (Å²) in [5, 5.41) is 3.40. The molecule has 0 saturated carbocycles. The number of nitrogens with one attached hydrogen (secondary N) is 1. The Morgan fingerprint density at radius 3 is 2.50 bits per heavy atom. The van der Waals surface area contributed by atoms with Gasteiger partial charge in [-0.05, 0) is 33.7 Å². The minimum Gasteiger partial charge on any atom is -0.354 e. The highest BCUT2D eigenvalue weighted by molar-refractivity contribution is 5.44. The maximum absolute atomic E-state index is 4.67. The third-order valence-electron chi connectivity index (χ3n) is 3.10. The fraction of sp³-hybridized carbons (Fsp3) is 0.667. The first-order chi connectivity index (χ1) is 7.68. The standard InChI is InChI=1S/C12H20N4/c1-9-10(2)15-12(11(3)14-9)16-7-4-5-13-6-8-16/h13H,4-8H2,1-3H3. The lowest BCUT2D eigenvalue weighted by molar-refractivity contribution is 0.724. The van der Waals surface area contributed by atoms with Crippen LogP contribution in [-0.4, -0.2) is 36.1 Å². The summed E-state index contributed by atoms with van der Waals surface area (Å²) in [6, 6.07) is 0. The van der Waals surface area contributed by atoms with Crippen LogP contribution in [0, 0.1) is 20.8 Å². The quantitative estimate of drug-likeness (QED) is 0.772. The zero-order valence-electron chi connectivity index (χ0n) is 10.4. The monoisotopic (exact) mass is 220 g/mol. The Bertz CT molecular complexity index is 368. The van der Waals surface area contributed by atoms with E-state index in [-0.39, 0.29) is 0 Å². The molecule has 0 aliphatic carbocycles. The van der Waals surface area contributed by atoms with Crippen LogP contribution < -0.4 is 10.2 Å². The van der Waals surface area contributed by atoms with Crippen LogP contribution in [0.25, 0.3) is 0 Å². The van der Waals surface area contributed by atoms with Crippen molar-refractivity contribution in [2.75, 3.05) is 31.1 Å². The van der Waals surface area contributed by atoms with Crippen LogP contribution in [0.5, 0.6) is 0 Å². The van der Waals surface area contributed by atoms with Crippen molar-refractivity contribution < 1.29 is 0 Å². The molecule has 88 valence electrons. The molecule has 0 amide bonds. The lowest BCUT2D eigenvalue weighted by atomic mass is 10.3. The highest BCUT2D eigenvalue weighted by Gasteiger charge is 2.14. The molecule has 1 aromatic heterocycles. The Labute approximate surface area is 97.1 Å². The molecule has 4 heteroatoms. The van der Waals surface area contributed by atoms with Crippen molar-refractivity contribution in [1.29, 1.82) is 0 Å². The second kappa shape index (κ2) is 4.78. The Hall–Kier alpha value is -1.16. The molecule has 4 nitrogen and oxygen atoms in total. The van der Waals surface area contributed by atoms with Crippen molar-refractivity contribution in [2.45, 2.75) is 27.2 Å². The van der Waals surface area contributed by atoms with Crippen LogP contribution in [0.1, 0.15) is 23.5 Å². The second-order valence-electron chi connectivity index (χ2n) is 4.39. The summed E-state index contributed by atoms with van der Waals surface area (Å²) in [4.78, 5) is 11.6. The van der Waals surface area contributed by atoms with Gasteiger partial charge in [0.25, 0.3) is 0 Å². The summed E-state index contributed by atoms with van der Waals surface area (Å²) in [7, 11) is 0. The van der Waals surface area contributed by atoms with Crippen molar-refractivity contribution in [3.8, 4) is 0 Å². The minimum absolute atomic E-state index is 1.03. The van der Waals surface area contributed by atoms with E-state index in [1.807, 2.05) is 20.8 Å². The average molecular weight is 220 g/mol. The molecule has 1 aliphatic rings. The molecule has 0 bridgehead atoms. The third kappa shape index (κ3) is 2.32. The Morgan fingerprint density at radius 1 is 0.938 bits per heavy atom. The van der Waals surface area contributed by atoms with Gasteiger partial charge in [-0.15, -0.1) is 0 Å². The first kappa shape index (κ1) is 11.3. The predicted molar refractivity (Wildman–Crippen MR) is 65.9 cm³/mol. The van der Waals surface area contributed by atoms with Crippen LogP contribution in [-0.2, 0) is 0 Å². The summed E-state index contributed by atoms with van der Waals surface area (Å²) < 4.78 is 0. The maximum Gasteiger partial charge on any atom is 0.150 e. The number of rotatable bonds is 1. The van der Waals surface area contributed by atoms with E-state index in [1.165, 1.54) is 6.42 Å². The fourth-order valence-electron chi connectivity index (χ4n) is 2.06. The van der Waals surface area contributed by atoms with E-state index in [0.717, 1.165) is 49.1 Å². The van der Waals surface area contributed by atoms with Crippen molar-refractivity contribution in [3.05, 3.63) is 17.1 Å². The fourth-order valence-corrected chi connectivity index (χ4v) is 2.06. The molecule has 2 rings (SSSR count). The molecule has 0 unspecified atom stereocenters. The van der Waals surface area contributed by atoms with Gasteiger partial charge in [0, 0.05) is 19.6 Å². The molecule has 0 aromatic carbocycles. The molecule has 0 spiro atoms. The summed E-state index contributed by atoms with van der Waals surface area (Å²) in [6.45, 7) is 10.3. The second-order valence-corrected chi connectivity index (χ2v) is 4.39. The average Bonchev–Trinajstić information content (AvgIpc) is 2.52. The molecule has 0 atom stereocenters. The van der Waals surface area contributed by atoms with E-state index >= 15 is 0 Å². The topological polar surface area (TPSA) is 41.1 Å². The number of hydrogen-bond donors (Lipinski definition) is 1. The summed E-state index contributed by atoms with van der Waals surface area (Å²) in [6.07, 6.45) is 1.17. The van der Waals surface area contributed by atoms with Crippen LogP contribution in [0.4, 0.5) is 5.82 Å². The lowest BCUT2D eigenvalue weighted by Crippen LogP contribution is -2.29. The molecule has 1 N–H and O–H groups in total. The van der Waals surface area contributed by atoms with E-state index in [2.05, 4.69) is 20.2 Å². The SMILES string of the molecule is Cc1nc(C)c(N2CCCNCC2)nc1C. The van der Waals surface area contributed by atoms with Gasteiger partial charge in [0.15, 0.2) is 0 Å². The molecular weight excluding hydrogens is 200 g/mol. The van der Waals surface area contributed by atoms with Gasteiger partial charge in [-0.2, -0.15) is 0 Å². The van der Waals surface area contributed by atoms with E-state index in [4.69, 9.17) is 0 Å². The molecule has 16 heavy (non-hydrogen) atoms. The van der Waals surface area contributed by atoms with Gasteiger partial charge in [-0.3, -0.25) is 4.98 Å². The minimum atomic E-state index is 1.03. The van der Waals surface area contributed by atoms with E-state index < -0.39 is 0 Å². The molecule has 2 heterocycles. The maximum atomic E-state index is 4.67. The van der Waals surface area contributed by atoms with Crippen LogP contribution >= 0.6 is 0 Å². The van der Waals surface area contributed by atoms with Crippen LogP contribution in [0.3, 0.4) is 0 Å². The number of anilines is 1. The van der Waals surface area contributed by atoms with Crippen LogP contribution in [0.15, 0.2) is 0 Å². The smallest absolute Gasteiger partial charge is 0.150 e. The van der Waals surface area contributed by atoms with Crippen molar-refractivity contribution in [2.24, 2.45) is 0 Å². The predicted octanol–water partition coefficient (Wildman–Crippen LogP) is 1.20. The van der Waals surface area contributed by atoms with Gasteiger partial charge in [-0.1, -0.05) is 0 Å². The van der Waals surface area contributed by atoms with Crippen LogP contribution in [0.2, 0.25) is 0 Å². The number of hydrogen-bond acceptors (Lipinski definition) is 4. The normalized spacial score (nSPS) is 17.3. The van der Waals surface area contributed by atoms with E-state index in [9.17, 15) is 0 Å². The van der Waals surface area contributed by atoms with Gasteiger partial charge in [0.1, 0.15) is 5.82 Å². The van der Waals surface area contributed by atoms with Crippen molar-refractivity contribution in [1.82, 2.24) is 15.3 Å². The number of aryl methyl sites for hydroxylation is 3. The van der Waals surface area contributed by atoms with Gasteiger partial charge in [-0.25, -0.2) is 4.98 Å². The molecular formula is C12H20N4. The summed E-state index contributed by atoms with van der Waals surface area (Å²) in [5.74, 6) is 1.06. The van der Waals surface area contributed by atoms with Gasteiger partial charge >= 0.3 is 0 Å². The summed E-state index contributed by atoms with van der Waals surface area (Å²) in [5.41, 5.74) is 3.12. The van der Waals surface area contributed by atoms with Gasteiger partial charge in [0.2, 0.25) is 0 Å². The molecule has 1 aromatic rings. The van der Waals surface area contributed by atoms with Gasteiger partial charge in [0.05, 0.1) is 17.1 Å². The third-order valence-corrected chi connectivity index (χ3v) is 3.10. The summed E-state index contributed by atoms with van der Waals surface area (Å²) >= 11 is 0. The Kier molecular flexibility index (Phi) is 3.39. The highest BCUT2D eigenvalue weighted by Crippen LogP contribution is 2.17. The van der Waals surface area contributed by atoms with Crippen molar-refractivity contribution in [3.63, 3.8) is 0 Å². The zero-order valence-corrected chi connectivity index (χ0v) is 10.4. The zero-order chi connectivity index (χ0) is 11.5. The first-order valence-electron chi connectivity index (χ1n) is 5.96. The highest BCUT2D eigenvalue weighted by atomic mass is 15.2. The number of nitrogens with zero attached hydrogens (tertiary/aromatic N) is 3. The first-order valence-corrected chi connectivity index (χ1v) is 5.96. The molecule has 1 saturated heterocycles. The van der Waals surface area contributed by atoms with Gasteiger partial charge < -0.3 is 10.2 Å². The molecule has 1 fully saturated rings. The molecule has 0 radical (unpaired) electrons. The van der Waals surface area contributed by atoms with E-state index in [1.54, 1.807) is 0 Å². The lowest BCUT2D eigenvalue weighted by Gasteiger charge is -2.23. The van der Waals surface area contributed by atoms with Crippen molar-refractivity contribution >= 4 is 5.82 Å².